The SMILES string of the molecule is CC#COC(=O)CCC(=O)OI. The molecule has 0 aliphatic carbocycles. The topological polar surface area (TPSA) is 52.6 Å². The number of carbonyl (C=O) groups excluding carboxylic acids is 2. The van der Waals surface area contributed by atoms with Gasteiger partial charge >= 0.3 is 11.9 Å². The van der Waals surface area contributed by atoms with Gasteiger partial charge in [-0.15, -0.1) is 0 Å². The minimum Gasteiger partial charge on any atom is -0.394 e. The molecule has 0 atom stereocenters. The highest BCUT2D eigenvalue weighted by Gasteiger charge is 2.07. The van der Waals surface area contributed by atoms with E-state index in [1.165, 1.54) is 23.0 Å². The monoisotopic (exact) mass is 282 g/mol. The Morgan fingerprint density at radius 1 is 1.33 bits per heavy atom. The van der Waals surface area contributed by atoms with E-state index in [0.717, 1.165) is 0 Å². The summed E-state index contributed by atoms with van der Waals surface area (Å²) in [5.74, 6) is 1.42. The van der Waals surface area contributed by atoms with Crippen molar-refractivity contribution in [1.82, 2.24) is 0 Å². The average molecular weight is 282 g/mol. The molecule has 0 spiro atoms. The first-order valence-corrected chi connectivity index (χ1v) is 4.01. The number of rotatable bonds is 3. The summed E-state index contributed by atoms with van der Waals surface area (Å²) in [7, 11) is 0. The Balaban J connectivity index is 3.55. The second-order valence-electron chi connectivity index (χ2n) is 1.78. The first-order valence-electron chi connectivity index (χ1n) is 3.13. The van der Waals surface area contributed by atoms with Crippen LogP contribution in [0.1, 0.15) is 19.8 Å². The smallest absolute Gasteiger partial charge is 0.320 e. The lowest BCUT2D eigenvalue weighted by molar-refractivity contribution is -0.140. The van der Waals surface area contributed by atoms with Crippen LogP contribution in [0.2, 0.25) is 0 Å². The average Bonchev–Trinajstić information content (AvgIpc) is 2.10. The van der Waals surface area contributed by atoms with Crippen LogP contribution in [0, 0.1) is 12.0 Å². The zero-order valence-corrected chi connectivity index (χ0v) is 8.58. The molecule has 0 aromatic heterocycles. The normalized spacial score (nSPS) is 7.83. The fraction of sp³-hybridized carbons (Fsp3) is 0.429. The highest BCUT2D eigenvalue weighted by molar-refractivity contribution is 14.1. The van der Waals surface area contributed by atoms with Gasteiger partial charge in [-0.25, -0.2) is 0 Å². The van der Waals surface area contributed by atoms with Crippen LogP contribution in [0.4, 0.5) is 0 Å². The van der Waals surface area contributed by atoms with Gasteiger partial charge in [-0.05, 0) is 0 Å². The van der Waals surface area contributed by atoms with Crippen LogP contribution < -0.4 is 0 Å². The van der Waals surface area contributed by atoms with Crippen LogP contribution >= 0.6 is 23.0 Å². The fourth-order valence-corrected chi connectivity index (χ4v) is 0.622. The molecular formula is C7H7IO4. The van der Waals surface area contributed by atoms with Crippen molar-refractivity contribution in [2.75, 3.05) is 0 Å². The van der Waals surface area contributed by atoms with Gasteiger partial charge in [0.15, 0.2) is 23.0 Å². The van der Waals surface area contributed by atoms with Crippen LogP contribution in [0.5, 0.6) is 0 Å². The lowest BCUT2D eigenvalue weighted by Crippen LogP contribution is -2.04. The van der Waals surface area contributed by atoms with Crippen molar-refractivity contribution >= 4 is 34.9 Å². The maximum Gasteiger partial charge on any atom is 0.320 e. The third-order valence-corrected chi connectivity index (χ3v) is 1.38. The summed E-state index contributed by atoms with van der Waals surface area (Å²) in [6, 6.07) is 0. The first-order chi connectivity index (χ1) is 5.70. The van der Waals surface area contributed by atoms with Crippen LogP contribution in [0.25, 0.3) is 0 Å². The molecular weight excluding hydrogens is 275 g/mol. The van der Waals surface area contributed by atoms with E-state index in [-0.39, 0.29) is 12.8 Å². The predicted molar refractivity (Wildman–Crippen MR) is 48.9 cm³/mol. The number of hydrogen-bond donors (Lipinski definition) is 0. The van der Waals surface area contributed by atoms with Crippen molar-refractivity contribution in [2.24, 2.45) is 0 Å². The Labute approximate surface area is 84.3 Å². The van der Waals surface area contributed by atoms with E-state index in [0.29, 0.717) is 0 Å². The molecule has 0 aliphatic rings. The minimum atomic E-state index is -0.522. The summed E-state index contributed by atoms with van der Waals surface area (Å²) in [6.07, 6.45) is 2.15. The van der Waals surface area contributed by atoms with Gasteiger partial charge in [0.25, 0.3) is 0 Å². The van der Waals surface area contributed by atoms with Crippen molar-refractivity contribution in [2.45, 2.75) is 19.8 Å². The second kappa shape index (κ2) is 6.91. The van der Waals surface area contributed by atoms with Gasteiger partial charge in [0.2, 0.25) is 0 Å². The van der Waals surface area contributed by atoms with Crippen LogP contribution in [-0.2, 0) is 17.4 Å². The lowest BCUT2D eigenvalue weighted by Gasteiger charge is -1.94. The molecule has 0 fully saturated rings. The molecule has 0 saturated carbocycles. The third kappa shape index (κ3) is 5.97. The van der Waals surface area contributed by atoms with E-state index in [9.17, 15) is 9.59 Å². The maximum atomic E-state index is 10.7. The third-order valence-electron chi connectivity index (χ3n) is 0.886. The summed E-state index contributed by atoms with van der Waals surface area (Å²) in [4.78, 5) is 21.2. The van der Waals surface area contributed by atoms with Gasteiger partial charge in [-0.1, -0.05) is 5.92 Å². The molecule has 0 unspecified atom stereocenters. The van der Waals surface area contributed by atoms with Crippen LogP contribution in [-0.4, -0.2) is 11.9 Å². The summed E-state index contributed by atoms with van der Waals surface area (Å²) in [5, 5.41) is 0. The number of ether oxygens (including phenoxy) is 1. The van der Waals surface area contributed by atoms with Gasteiger partial charge in [-0.3, -0.25) is 9.59 Å². The molecule has 0 heterocycles. The molecule has 0 rings (SSSR count). The van der Waals surface area contributed by atoms with E-state index in [4.69, 9.17) is 0 Å². The van der Waals surface area contributed by atoms with E-state index in [1.807, 2.05) is 0 Å². The quantitative estimate of drug-likeness (QED) is 0.443. The number of halogens is 1. The molecule has 4 nitrogen and oxygen atoms in total. The van der Waals surface area contributed by atoms with Crippen LogP contribution in [0.15, 0.2) is 0 Å². The van der Waals surface area contributed by atoms with Crippen molar-refractivity contribution in [1.29, 1.82) is 0 Å². The van der Waals surface area contributed by atoms with E-state index >= 15 is 0 Å². The maximum absolute atomic E-state index is 10.7. The molecule has 0 N–H and O–H groups in total. The van der Waals surface area contributed by atoms with Crippen LogP contribution in [0.3, 0.4) is 0 Å². The van der Waals surface area contributed by atoms with Gasteiger partial charge in [0.1, 0.15) is 6.11 Å². The Morgan fingerprint density at radius 3 is 2.42 bits per heavy atom. The van der Waals surface area contributed by atoms with Gasteiger partial charge < -0.3 is 7.80 Å². The van der Waals surface area contributed by atoms with E-state index < -0.39 is 11.9 Å². The van der Waals surface area contributed by atoms with Crippen molar-refractivity contribution < 1.29 is 17.4 Å². The van der Waals surface area contributed by atoms with Crippen molar-refractivity contribution in [3.8, 4) is 12.0 Å². The van der Waals surface area contributed by atoms with E-state index in [2.05, 4.69) is 19.8 Å². The molecule has 5 heteroatoms. The number of carbonyl (C=O) groups is 2. The zero-order valence-electron chi connectivity index (χ0n) is 6.43. The Hall–Kier alpha value is -0.770. The van der Waals surface area contributed by atoms with E-state index in [1.54, 1.807) is 6.92 Å². The molecule has 66 valence electrons. The molecule has 12 heavy (non-hydrogen) atoms. The van der Waals surface area contributed by atoms with Crippen molar-refractivity contribution in [3.63, 3.8) is 0 Å². The molecule has 0 saturated heterocycles. The molecule has 0 aliphatic heterocycles. The summed E-state index contributed by atoms with van der Waals surface area (Å²) in [6.45, 7) is 1.55. The summed E-state index contributed by atoms with van der Waals surface area (Å²) < 4.78 is 8.67. The van der Waals surface area contributed by atoms with Gasteiger partial charge in [-0.2, -0.15) is 0 Å². The highest BCUT2D eigenvalue weighted by atomic mass is 127. The Kier molecular flexibility index (Phi) is 6.47. The fourth-order valence-electron chi connectivity index (χ4n) is 0.402. The Bertz CT molecular complexity index is 225. The number of esters is 1. The standard InChI is InChI=1S/C7H7IO4/c1-2-5-11-6(9)3-4-7(10)12-8/h3-4H2,1H3. The predicted octanol–water partition coefficient (Wildman–Crippen LogP) is 1.18. The highest BCUT2D eigenvalue weighted by Crippen LogP contribution is 1.98. The largest absolute Gasteiger partial charge is 0.394 e. The minimum absolute atomic E-state index is 0.00346. The molecule has 0 bridgehead atoms. The van der Waals surface area contributed by atoms with Crippen molar-refractivity contribution in [3.05, 3.63) is 0 Å². The molecule has 0 radical (unpaired) electrons. The van der Waals surface area contributed by atoms with Gasteiger partial charge in [0.05, 0.1) is 12.8 Å². The molecule has 0 aromatic carbocycles. The summed E-state index contributed by atoms with van der Waals surface area (Å²) >= 11 is 1.46. The summed E-state index contributed by atoms with van der Waals surface area (Å²) in [5.41, 5.74) is 0. The number of hydrogen-bond acceptors (Lipinski definition) is 4. The second-order valence-corrected chi connectivity index (χ2v) is 2.22. The molecule has 0 amide bonds. The Morgan fingerprint density at radius 2 is 1.92 bits per heavy atom. The van der Waals surface area contributed by atoms with Gasteiger partial charge in [0, 0.05) is 6.92 Å². The first kappa shape index (κ1) is 11.2. The lowest BCUT2D eigenvalue weighted by atomic mass is 10.3. The zero-order chi connectivity index (χ0) is 9.40. The molecule has 0 aromatic rings.